The molecular formula is C19H15NO. The zero-order valence-electron chi connectivity index (χ0n) is 11.5. The van der Waals surface area contributed by atoms with Gasteiger partial charge in [-0.05, 0) is 11.5 Å². The van der Waals surface area contributed by atoms with E-state index >= 15 is 0 Å². The van der Waals surface area contributed by atoms with Crippen molar-refractivity contribution in [1.29, 1.82) is 0 Å². The summed E-state index contributed by atoms with van der Waals surface area (Å²) in [6.45, 7) is 0. The van der Waals surface area contributed by atoms with Gasteiger partial charge < -0.3 is 5.32 Å². The van der Waals surface area contributed by atoms with Crippen molar-refractivity contribution in [3.63, 3.8) is 0 Å². The van der Waals surface area contributed by atoms with Gasteiger partial charge in [0.25, 0.3) is 0 Å². The van der Waals surface area contributed by atoms with E-state index in [0.29, 0.717) is 5.56 Å². The van der Waals surface area contributed by atoms with Gasteiger partial charge in [0.15, 0.2) is 5.78 Å². The van der Waals surface area contributed by atoms with Crippen LogP contribution in [0.15, 0.2) is 85.1 Å². The summed E-state index contributed by atoms with van der Waals surface area (Å²) in [6, 6.07) is 23.5. The third-order valence-electron chi connectivity index (χ3n) is 3.32. The summed E-state index contributed by atoms with van der Waals surface area (Å²) in [4.78, 5) is 12.0. The lowest BCUT2D eigenvalue weighted by Crippen LogP contribution is -1.96. The minimum absolute atomic E-state index is 0.0108. The molecule has 102 valence electrons. The number of carbonyl (C=O) groups excluding carboxylic acids is 1. The van der Waals surface area contributed by atoms with E-state index in [-0.39, 0.29) is 5.78 Å². The molecule has 1 N–H and O–H groups in total. The van der Waals surface area contributed by atoms with Crippen LogP contribution in [0.25, 0.3) is 10.8 Å². The van der Waals surface area contributed by atoms with Crippen molar-refractivity contribution in [2.45, 2.75) is 0 Å². The minimum atomic E-state index is -0.0108. The highest BCUT2D eigenvalue weighted by Crippen LogP contribution is 2.22. The monoisotopic (exact) mass is 273 g/mol. The van der Waals surface area contributed by atoms with Crippen LogP contribution in [0.2, 0.25) is 0 Å². The Balaban J connectivity index is 1.78. The van der Waals surface area contributed by atoms with Crippen LogP contribution in [0, 0.1) is 0 Å². The Morgan fingerprint density at radius 3 is 2.38 bits per heavy atom. The summed E-state index contributed by atoms with van der Waals surface area (Å²) in [5, 5.41) is 5.49. The lowest BCUT2D eigenvalue weighted by molar-refractivity contribution is 0.104. The van der Waals surface area contributed by atoms with Crippen molar-refractivity contribution in [1.82, 2.24) is 0 Å². The Kier molecular flexibility index (Phi) is 3.79. The van der Waals surface area contributed by atoms with Crippen LogP contribution in [0.4, 0.5) is 5.69 Å². The van der Waals surface area contributed by atoms with Crippen molar-refractivity contribution in [2.24, 2.45) is 0 Å². The SMILES string of the molecule is O=C(/C=C/Nc1cccc2ccccc12)c1ccccc1. The van der Waals surface area contributed by atoms with Gasteiger partial charge in [-0.2, -0.15) is 0 Å². The number of carbonyl (C=O) groups is 1. The number of nitrogens with one attached hydrogen (secondary N) is 1. The Morgan fingerprint density at radius 2 is 1.52 bits per heavy atom. The maximum absolute atomic E-state index is 12.0. The quantitative estimate of drug-likeness (QED) is 0.554. The van der Waals surface area contributed by atoms with E-state index in [2.05, 4.69) is 23.5 Å². The van der Waals surface area contributed by atoms with Crippen LogP contribution in [0.3, 0.4) is 0 Å². The molecule has 0 atom stereocenters. The molecular weight excluding hydrogens is 258 g/mol. The molecule has 0 aromatic heterocycles. The molecule has 0 heterocycles. The van der Waals surface area contributed by atoms with E-state index in [9.17, 15) is 4.79 Å². The molecule has 0 saturated heterocycles. The fraction of sp³-hybridized carbons (Fsp3) is 0. The summed E-state index contributed by atoms with van der Waals surface area (Å²) in [7, 11) is 0. The lowest BCUT2D eigenvalue weighted by Gasteiger charge is -2.05. The van der Waals surface area contributed by atoms with Crippen LogP contribution in [0.1, 0.15) is 10.4 Å². The zero-order chi connectivity index (χ0) is 14.5. The molecule has 0 aliphatic rings. The summed E-state index contributed by atoms with van der Waals surface area (Å²) < 4.78 is 0. The first kappa shape index (κ1) is 13.1. The van der Waals surface area contributed by atoms with Gasteiger partial charge in [0.2, 0.25) is 0 Å². The second kappa shape index (κ2) is 6.06. The van der Waals surface area contributed by atoms with Crippen molar-refractivity contribution in [2.75, 3.05) is 5.32 Å². The maximum Gasteiger partial charge on any atom is 0.187 e. The number of rotatable bonds is 4. The van der Waals surface area contributed by atoms with Gasteiger partial charge in [-0.25, -0.2) is 0 Å². The van der Waals surface area contributed by atoms with Crippen LogP contribution in [-0.4, -0.2) is 5.78 Å². The van der Waals surface area contributed by atoms with Crippen LogP contribution in [-0.2, 0) is 0 Å². The van der Waals surface area contributed by atoms with E-state index in [4.69, 9.17) is 0 Å². The molecule has 0 amide bonds. The van der Waals surface area contributed by atoms with Gasteiger partial charge in [0.05, 0.1) is 0 Å². The first-order valence-corrected chi connectivity index (χ1v) is 6.85. The zero-order valence-corrected chi connectivity index (χ0v) is 11.5. The Bertz CT molecular complexity index is 786. The van der Waals surface area contributed by atoms with Gasteiger partial charge in [-0.15, -0.1) is 0 Å². The molecule has 0 aliphatic carbocycles. The molecule has 0 fully saturated rings. The van der Waals surface area contributed by atoms with E-state index in [1.165, 1.54) is 5.39 Å². The fourth-order valence-electron chi connectivity index (χ4n) is 2.26. The summed E-state index contributed by atoms with van der Waals surface area (Å²) in [5.41, 5.74) is 1.68. The fourth-order valence-corrected chi connectivity index (χ4v) is 2.26. The van der Waals surface area contributed by atoms with E-state index < -0.39 is 0 Å². The number of benzene rings is 3. The molecule has 0 spiro atoms. The molecule has 21 heavy (non-hydrogen) atoms. The molecule has 2 heteroatoms. The molecule has 3 aromatic carbocycles. The highest BCUT2D eigenvalue weighted by molar-refractivity contribution is 6.04. The predicted octanol–water partition coefficient (Wildman–Crippen LogP) is 4.65. The molecule has 0 radical (unpaired) electrons. The first-order chi connectivity index (χ1) is 10.3. The number of allylic oxidation sites excluding steroid dienone is 1. The van der Waals surface area contributed by atoms with Gasteiger partial charge >= 0.3 is 0 Å². The summed E-state index contributed by atoms with van der Waals surface area (Å²) >= 11 is 0. The maximum atomic E-state index is 12.0. The average Bonchev–Trinajstić information content (AvgIpc) is 2.56. The molecule has 3 aromatic rings. The highest BCUT2D eigenvalue weighted by atomic mass is 16.1. The van der Waals surface area contributed by atoms with Crippen LogP contribution in [0.5, 0.6) is 0 Å². The van der Waals surface area contributed by atoms with Crippen LogP contribution >= 0.6 is 0 Å². The predicted molar refractivity (Wildman–Crippen MR) is 87.5 cm³/mol. The number of anilines is 1. The van der Waals surface area contributed by atoms with Crippen molar-refractivity contribution >= 4 is 22.2 Å². The number of ketones is 1. The topological polar surface area (TPSA) is 29.1 Å². The Hall–Kier alpha value is -2.87. The second-order valence-corrected chi connectivity index (χ2v) is 4.73. The summed E-state index contributed by atoms with van der Waals surface area (Å²) in [6.07, 6.45) is 3.24. The summed E-state index contributed by atoms with van der Waals surface area (Å²) in [5.74, 6) is -0.0108. The number of fused-ring (bicyclic) bond motifs is 1. The van der Waals surface area contributed by atoms with E-state index in [1.807, 2.05) is 54.6 Å². The van der Waals surface area contributed by atoms with Gasteiger partial charge in [0.1, 0.15) is 0 Å². The Morgan fingerprint density at radius 1 is 0.810 bits per heavy atom. The molecule has 3 rings (SSSR count). The largest absolute Gasteiger partial charge is 0.361 e. The van der Waals surface area contributed by atoms with E-state index in [0.717, 1.165) is 11.1 Å². The average molecular weight is 273 g/mol. The molecule has 0 bridgehead atoms. The van der Waals surface area contributed by atoms with Gasteiger partial charge in [-0.3, -0.25) is 4.79 Å². The standard InChI is InChI=1S/C19H15NO/c21-19(16-8-2-1-3-9-16)13-14-20-18-12-6-10-15-7-4-5-11-17(15)18/h1-14,20H/b14-13+. The molecule has 2 nitrogen and oxygen atoms in total. The molecule has 0 saturated carbocycles. The normalized spacial score (nSPS) is 10.9. The smallest absolute Gasteiger partial charge is 0.187 e. The lowest BCUT2D eigenvalue weighted by atomic mass is 10.1. The molecule has 0 unspecified atom stereocenters. The van der Waals surface area contributed by atoms with E-state index in [1.54, 1.807) is 12.3 Å². The Labute approximate surface area is 123 Å². The third kappa shape index (κ3) is 3.00. The van der Waals surface area contributed by atoms with Crippen molar-refractivity contribution < 1.29 is 4.79 Å². The van der Waals surface area contributed by atoms with Gasteiger partial charge in [-0.1, -0.05) is 66.7 Å². The van der Waals surface area contributed by atoms with Crippen LogP contribution < -0.4 is 5.32 Å². The number of hydrogen-bond donors (Lipinski definition) is 1. The van der Waals surface area contributed by atoms with Gasteiger partial charge in [0, 0.05) is 28.9 Å². The van der Waals surface area contributed by atoms with Crippen molar-refractivity contribution in [3.05, 3.63) is 90.6 Å². The third-order valence-corrected chi connectivity index (χ3v) is 3.32. The molecule has 0 aliphatic heterocycles. The minimum Gasteiger partial charge on any atom is -0.361 e. The first-order valence-electron chi connectivity index (χ1n) is 6.85. The highest BCUT2D eigenvalue weighted by Gasteiger charge is 2.00. The number of hydrogen-bond acceptors (Lipinski definition) is 2. The second-order valence-electron chi connectivity index (χ2n) is 4.73. The van der Waals surface area contributed by atoms with Crippen molar-refractivity contribution in [3.8, 4) is 0 Å².